The van der Waals surface area contributed by atoms with Crippen LogP contribution in [0.4, 0.5) is 5.69 Å². The standard InChI is InChI=1S/C19H16IN3O2/c1-2-25-18-11-10-17(22-23-18)14-4-3-5-16(12-14)21-19(24)13-6-8-15(20)9-7-13/h3-12H,2H2,1H3,(H,21,24). The van der Waals surface area contributed by atoms with Crippen LogP contribution in [0, 0.1) is 3.57 Å². The van der Waals surface area contributed by atoms with Gasteiger partial charge in [0.15, 0.2) is 0 Å². The maximum atomic E-state index is 12.3. The summed E-state index contributed by atoms with van der Waals surface area (Å²) in [5.41, 5.74) is 2.91. The smallest absolute Gasteiger partial charge is 0.255 e. The number of hydrogen-bond acceptors (Lipinski definition) is 4. The van der Waals surface area contributed by atoms with E-state index in [0.717, 1.165) is 9.13 Å². The number of ether oxygens (including phenoxy) is 1. The third-order valence-electron chi connectivity index (χ3n) is 3.45. The fraction of sp³-hybridized carbons (Fsp3) is 0.105. The molecule has 0 radical (unpaired) electrons. The van der Waals surface area contributed by atoms with Gasteiger partial charge in [-0.05, 0) is 72.0 Å². The van der Waals surface area contributed by atoms with Crippen molar-refractivity contribution in [3.63, 3.8) is 0 Å². The van der Waals surface area contributed by atoms with E-state index >= 15 is 0 Å². The third kappa shape index (κ3) is 4.54. The van der Waals surface area contributed by atoms with E-state index in [-0.39, 0.29) is 5.91 Å². The maximum absolute atomic E-state index is 12.3. The highest BCUT2D eigenvalue weighted by molar-refractivity contribution is 14.1. The Bertz CT molecular complexity index is 865. The van der Waals surface area contributed by atoms with Gasteiger partial charge in [0.2, 0.25) is 5.88 Å². The van der Waals surface area contributed by atoms with Crippen molar-refractivity contribution in [2.45, 2.75) is 6.92 Å². The average molecular weight is 445 g/mol. The lowest BCUT2D eigenvalue weighted by molar-refractivity contribution is 0.102. The summed E-state index contributed by atoms with van der Waals surface area (Å²) in [6.45, 7) is 2.45. The second-order valence-electron chi connectivity index (χ2n) is 5.23. The molecule has 0 aliphatic heterocycles. The molecule has 6 heteroatoms. The molecule has 0 spiro atoms. The van der Waals surface area contributed by atoms with Crippen LogP contribution in [0.25, 0.3) is 11.3 Å². The number of aromatic nitrogens is 2. The maximum Gasteiger partial charge on any atom is 0.255 e. The second kappa shape index (κ2) is 8.06. The number of carbonyl (C=O) groups excluding carboxylic acids is 1. The zero-order chi connectivity index (χ0) is 17.6. The first-order valence-corrected chi connectivity index (χ1v) is 8.87. The van der Waals surface area contributed by atoms with Crippen molar-refractivity contribution in [1.82, 2.24) is 10.2 Å². The minimum Gasteiger partial charge on any atom is -0.477 e. The molecule has 1 heterocycles. The van der Waals surface area contributed by atoms with Crippen LogP contribution in [0.1, 0.15) is 17.3 Å². The molecule has 0 bridgehead atoms. The van der Waals surface area contributed by atoms with Gasteiger partial charge in [0.05, 0.1) is 12.3 Å². The van der Waals surface area contributed by atoms with E-state index in [0.29, 0.717) is 29.4 Å². The quantitative estimate of drug-likeness (QED) is 0.592. The van der Waals surface area contributed by atoms with E-state index < -0.39 is 0 Å². The Hall–Kier alpha value is -2.48. The zero-order valence-corrected chi connectivity index (χ0v) is 15.7. The molecule has 25 heavy (non-hydrogen) atoms. The van der Waals surface area contributed by atoms with Crippen LogP contribution in [-0.2, 0) is 0 Å². The number of amides is 1. The second-order valence-corrected chi connectivity index (χ2v) is 6.48. The summed E-state index contributed by atoms with van der Waals surface area (Å²) >= 11 is 2.21. The number of nitrogens with zero attached hydrogens (tertiary/aromatic N) is 2. The Morgan fingerprint density at radius 1 is 1.08 bits per heavy atom. The van der Waals surface area contributed by atoms with Crippen molar-refractivity contribution >= 4 is 34.2 Å². The van der Waals surface area contributed by atoms with Gasteiger partial charge in [-0.15, -0.1) is 10.2 Å². The monoisotopic (exact) mass is 445 g/mol. The van der Waals surface area contributed by atoms with Crippen molar-refractivity contribution in [2.24, 2.45) is 0 Å². The van der Waals surface area contributed by atoms with Crippen LogP contribution in [0.3, 0.4) is 0 Å². The number of rotatable bonds is 5. The molecule has 5 nitrogen and oxygen atoms in total. The van der Waals surface area contributed by atoms with Gasteiger partial charge in [0.1, 0.15) is 0 Å². The normalized spacial score (nSPS) is 10.3. The van der Waals surface area contributed by atoms with Crippen molar-refractivity contribution < 1.29 is 9.53 Å². The molecule has 126 valence electrons. The van der Waals surface area contributed by atoms with E-state index in [1.807, 2.05) is 49.4 Å². The van der Waals surface area contributed by atoms with Crippen molar-refractivity contribution in [3.05, 3.63) is 69.8 Å². The molecule has 0 fully saturated rings. The average Bonchev–Trinajstić information content (AvgIpc) is 2.63. The number of hydrogen-bond donors (Lipinski definition) is 1. The van der Waals surface area contributed by atoms with Crippen LogP contribution in [0.2, 0.25) is 0 Å². The van der Waals surface area contributed by atoms with E-state index in [4.69, 9.17) is 4.74 Å². The molecule has 0 saturated heterocycles. The molecular formula is C19H16IN3O2. The van der Waals surface area contributed by atoms with Gasteiger partial charge in [0.25, 0.3) is 5.91 Å². The number of halogens is 1. The first-order chi connectivity index (χ1) is 12.2. The Morgan fingerprint density at radius 3 is 2.56 bits per heavy atom. The zero-order valence-electron chi connectivity index (χ0n) is 13.6. The van der Waals surface area contributed by atoms with Gasteiger partial charge < -0.3 is 10.1 Å². The molecule has 0 aliphatic carbocycles. The van der Waals surface area contributed by atoms with E-state index in [2.05, 4.69) is 38.1 Å². The molecule has 3 rings (SSSR count). The van der Waals surface area contributed by atoms with Gasteiger partial charge in [-0.25, -0.2) is 0 Å². The minimum atomic E-state index is -0.147. The first-order valence-electron chi connectivity index (χ1n) is 7.79. The van der Waals surface area contributed by atoms with E-state index in [9.17, 15) is 4.79 Å². The molecule has 0 unspecified atom stereocenters. The summed E-state index contributed by atoms with van der Waals surface area (Å²) < 4.78 is 6.39. The fourth-order valence-corrected chi connectivity index (χ4v) is 2.62. The van der Waals surface area contributed by atoms with Crippen LogP contribution < -0.4 is 10.1 Å². The van der Waals surface area contributed by atoms with Gasteiger partial charge in [-0.2, -0.15) is 0 Å². The lowest BCUT2D eigenvalue weighted by atomic mass is 10.1. The Morgan fingerprint density at radius 2 is 1.88 bits per heavy atom. The largest absolute Gasteiger partial charge is 0.477 e. The topological polar surface area (TPSA) is 64.1 Å². The summed E-state index contributed by atoms with van der Waals surface area (Å²) in [7, 11) is 0. The fourth-order valence-electron chi connectivity index (χ4n) is 2.26. The molecule has 3 aromatic rings. The molecule has 0 atom stereocenters. The Kier molecular flexibility index (Phi) is 5.60. The van der Waals surface area contributed by atoms with Crippen molar-refractivity contribution in [2.75, 3.05) is 11.9 Å². The van der Waals surface area contributed by atoms with Crippen LogP contribution in [0.5, 0.6) is 5.88 Å². The van der Waals surface area contributed by atoms with E-state index in [1.54, 1.807) is 18.2 Å². The number of nitrogens with one attached hydrogen (secondary N) is 1. The summed E-state index contributed by atoms with van der Waals surface area (Å²) in [6, 6.07) is 18.5. The van der Waals surface area contributed by atoms with Gasteiger partial charge in [0, 0.05) is 26.5 Å². The van der Waals surface area contributed by atoms with Gasteiger partial charge >= 0.3 is 0 Å². The van der Waals surface area contributed by atoms with Crippen molar-refractivity contribution in [3.8, 4) is 17.1 Å². The van der Waals surface area contributed by atoms with Crippen molar-refractivity contribution in [1.29, 1.82) is 0 Å². The number of carbonyl (C=O) groups is 1. The SMILES string of the molecule is CCOc1ccc(-c2cccc(NC(=O)c3ccc(I)cc3)c2)nn1. The molecule has 2 aromatic carbocycles. The summed E-state index contributed by atoms with van der Waals surface area (Å²) in [4.78, 5) is 12.3. The van der Waals surface area contributed by atoms with Gasteiger partial charge in [-0.3, -0.25) is 4.79 Å². The highest BCUT2D eigenvalue weighted by Crippen LogP contribution is 2.22. The molecule has 1 N–H and O–H groups in total. The predicted molar refractivity (Wildman–Crippen MR) is 106 cm³/mol. The van der Waals surface area contributed by atoms with Crippen LogP contribution in [0.15, 0.2) is 60.7 Å². The summed E-state index contributed by atoms with van der Waals surface area (Å²) in [5, 5.41) is 11.1. The summed E-state index contributed by atoms with van der Waals surface area (Å²) in [6.07, 6.45) is 0. The lowest BCUT2D eigenvalue weighted by Crippen LogP contribution is -2.11. The van der Waals surface area contributed by atoms with Crippen LogP contribution in [-0.4, -0.2) is 22.7 Å². The molecular weight excluding hydrogens is 429 g/mol. The Balaban J connectivity index is 1.77. The number of benzene rings is 2. The molecule has 0 saturated carbocycles. The molecule has 1 amide bonds. The van der Waals surface area contributed by atoms with Gasteiger partial charge in [-0.1, -0.05) is 12.1 Å². The minimum absolute atomic E-state index is 0.147. The summed E-state index contributed by atoms with van der Waals surface area (Å²) in [5.74, 6) is 0.348. The van der Waals surface area contributed by atoms with Crippen LogP contribution >= 0.6 is 22.6 Å². The highest BCUT2D eigenvalue weighted by atomic mass is 127. The number of anilines is 1. The third-order valence-corrected chi connectivity index (χ3v) is 4.17. The lowest BCUT2D eigenvalue weighted by Gasteiger charge is -2.08. The highest BCUT2D eigenvalue weighted by Gasteiger charge is 2.08. The predicted octanol–water partition coefficient (Wildman–Crippen LogP) is 4.40. The first kappa shape index (κ1) is 17.3. The molecule has 1 aromatic heterocycles. The Labute approximate surface area is 159 Å². The molecule has 0 aliphatic rings. The van der Waals surface area contributed by atoms with E-state index in [1.165, 1.54) is 0 Å².